The van der Waals surface area contributed by atoms with Crippen molar-refractivity contribution < 1.29 is 35.6 Å². The van der Waals surface area contributed by atoms with E-state index in [1.807, 2.05) is 52.1 Å². The zero-order valence-electron chi connectivity index (χ0n) is 67.5. The van der Waals surface area contributed by atoms with Crippen LogP contribution in [0.15, 0.2) is 218 Å². The monoisotopic (exact) mass is 1280 g/mol. The Morgan fingerprint density at radius 2 is 0.531 bits per heavy atom. The van der Waals surface area contributed by atoms with Crippen LogP contribution in [-0.2, 0) is 42.3 Å². The van der Waals surface area contributed by atoms with Gasteiger partial charge in [0.1, 0.15) is 42.3 Å². The minimum atomic E-state index is -2.09. The molecule has 0 aliphatic carbocycles. The van der Waals surface area contributed by atoms with Crippen LogP contribution < -0.4 is 27.4 Å². The molecule has 0 bridgehead atoms. The van der Waals surface area contributed by atoms with Gasteiger partial charge in [-0.05, 0) is 188 Å². The molecule has 0 atom stereocenters. The minimum absolute atomic E-state index is 0.353. The molecule has 6 aromatic heterocycles. The third kappa shape index (κ3) is 18.2. The highest BCUT2D eigenvalue weighted by Gasteiger charge is 2.21. The summed E-state index contributed by atoms with van der Waals surface area (Å²) in [6.07, 6.45) is 0. The number of nitrogens with zero attached hydrogens (tertiary/aromatic N) is 6. The van der Waals surface area contributed by atoms with E-state index in [9.17, 15) is 0 Å². The van der Waals surface area contributed by atoms with Gasteiger partial charge in [-0.15, -0.1) is 0 Å². The van der Waals surface area contributed by atoms with Crippen molar-refractivity contribution >= 4 is 0 Å². The summed E-state index contributed by atoms with van der Waals surface area (Å²) in [5.41, 5.74) is 35.6. The first kappa shape index (κ1) is 64.9. The number of aromatic nitrogens is 6. The lowest BCUT2D eigenvalue weighted by Crippen LogP contribution is -2.35. The van der Waals surface area contributed by atoms with Crippen molar-refractivity contribution in [2.24, 2.45) is 42.3 Å². The number of benzene rings is 6. The second kappa shape index (κ2) is 33.6. The van der Waals surface area contributed by atoms with Crippen LogP contribution in [0.3, 0.4) is 0 Å². The van der Waals surface area contributed by atoms with Gasteiger partial charge in [0.25, 0.3) is 0 Å². The van der Waals surface area contributed by atoms with E-state index in [0.29, 0.717) is 11.3 Å². The van der Waals surface area contributed by atoms with E-state index < -0.39 is 13.7 Å². The lowest BCUT2D eigenvalue weighted by atomic mass is 9.99. The molecule has 0 saturated heterocycles. The fourth-order valence-corrected chi connectivity index (χ4v) is 12.2. The maximum atomic E-state index is 7.58. The molecular formula is C90H108N6+6. The average molecular weight is 1280 g/mol. The van der Waals surface area contributed by atoms with Crippen LogP contribution in [0.5, 0.6) is 0 Å². The van der Waals surface area contributed by atoms with Gasteiger partial charge in [-0.3, -0.25) is 0 Å². The lowest BCUT2D eigenvalue weighted by Gasteiger charge is -2.08. The number of rotatable bonds is 6. The molecule has 0 amide bonds. The molecule has 0 fully saturated rings. The van der Waals surface area contributed by atoms with Gasteiger partial charge in [-0.25, -0.2) is 0 Å². The molecule has 6 aromatic carbocycles. The van der Waals surface area contributed by atoms with Gasteiger partial charge in [0, 0.05) is 144 Å². The van der Waals surface area contributed by atoms with Crippen molar-refractivity contribution in [1.29, 1.82) is 0 Å². The predicted octanol–water partition coefficient (Wildman–Crippen LogP) is 18.6. The van der Waals surface area contributed by atoms with E-state index in [-0.39, 0.29) is 0 Å². The van der Waals surface area contributed by atoms with E-state index in [2.05, 4.69) is 311 Å². The van der Waals surface area contributed by atoms with E-state index in [1.165, 1.54) is 118 Å². The number of hydrogen-bond acceptors (Lipinski definition) is 0. The standard InChI is InChI=1S/6C15H18N/c2*1-11-7-5-8-12(2)15(11)14-10-6-9-13(3)16(14)4;1-11-8-9-14(12(2)10-11)15-7-5-6-13(3)16(15)4;2*1-11-8-9-12(2)14(10-11)15-7-5-6-13(3)16(15)4;1-11-7-5-6-8-14(11)15-12(2)9-10-13(3)16(15)4/h6*5-10H,1-4H3/q6*+1/i;;1D3;3D3;;. The van der Waals surface area contributed by atoms with Crippen LogP contribution in [-0.4, -0.2) is 0 Å². The van der Waals surface area contributed by atoms with Crippen molar-refractivity contribution in [1.82, 2.24) is 0 Å². The third-order valence-electron chi connectivity index (χ3n) is 18.7. The number of aryl methyl sites for hydroxylation is 18. The Bertz CT molecular complexity index is 4800. The molecule has 6 heteroatoms. The van der Waals surface area contributed by atoms with Crippen molar-refractivity contribution in [3.8, 4) is 67.5 Å². The maximum Gasteiger partial charge on any atom is 0.215 e. The average Bonchev–Trinajstić information content (AvgIpc) is 0.824. The van der Waals surface area contributed by atoms with Crippen molar-refractivity contribution in [2.75, 3.05) is 0 Å². The molecule has 96 heavy (non-hydrogen) atoms. The number of pyridine rings is 6. The van der Waals surface area contributed by atoms with Crippen LogP contribution in [0.25, 0.3) is 67.5 Å². The Hall–Kier alpha value is -9.78. The minimum Gasteiger partial charge on any atom is -0.199 e. The molecule has 0 spiro atoms. The Kier molecular flexibility index (Phi) is 22.7. The highest BCUT2D eigenvalue weighted by Crippen LogP contribution is 2.28. The third-order valence-corrected chi connectivity index (χ3v) is 18.7. The molecule has 0 unspecified atom stereocenters. The molecular weight excluding hydrogens is 1170 g/mol. The SMILES string of the molecule is Cc1ccc(C)c(-c2cccc(C)[n+]2C)c1.Cc1cccc(C)c1-c1cccc(C)[n+]1C.Cc1cccc(C)c1-c1cccc(C)[n+]1C.Cc1ccccc1-c1c(C)ccc(C)[n+]1C.[2H]C([2H])([2H])c1ccc(-c2cccc(C)[n+]2C)c(C)c1.[2H]C([2H])([2H])c1cccc(-c2cc(C)ccc2C)[n+]1C. The summed E-state index contributed by atoms with van der Waals surface area (Å²) in [6.45, 7) is 29.8. The van der Waals surface area contributed by atoms with Gasteiger partial charge in [0.2, 0.25) is 34.2 Å². The molecule has 6 nitrogen and oxygen atoms in total. The topological polar surface area (TPSA) is 23.3 Å². The summed E-state index contributed by atoms with van der Waals surface area (Å²) in [7, 11) is 12.3. The fourth-order valence-electron chi connectivity index (χ4n) is 12.2. The molecule has 0 N–H and O–H groups in total. The van der Waals surface area contributed by atoms with Crippen LogP contribution in [0.2, 0.25) is 0 Å². The van der Waals surface area contributed by atoms with E-state index in [1.54, 1.807) is 35.9 Å². The van der Waals surface area contributed by atoms with Gasteiger partial charge >= 0.3 is 0 Å². The highest BCUT2D eigenvalue weighted by molar-refractivity contribution is 5.68. The zero-order chi connectivity index (χ0) is 75.2. The summed E-state index contributed by atoms with van der Waals surface area (Å²) in [6, 6.07) is 74.8. The van der Waals surface area contributed by atoms with E-state index >= 15 is 0 Å². The maximum absolute atomic E-state index is 7.58. The van der Waals surface area contributed by atoms with Gasteiger partial charge in [-0.1, -0.05) is 108 Å². The van der Waals surface area contributed by atoms with Crippen molar-refractivity contribution in [2.45, 2.75) is 124 Å². The Morgan fingerprint density at radius 3 is 0.938 bits per heavy atom. The second-order valence-electron chi connectivity index (χ2n) is 25.9. The second-order valence-corrected chi connectivity index (χ2v) is 25.9. The molecule has 0 aliphatic heterocycles. The molecule has 12 rings (SSSR count). The summed E-state index contributed by atoms with van der Waals surface area (Å²) in [5, 5.41) is 0. The van der Waals surface area contributed by atoms with Crippen molar-refractivity contribution in [3.63, 3.8) is 0 Å². The smallest absolute Gasteiger partial charge is 0.199 e. The predicted molar refractivity (Wildman–Crippen MR) is 404 cm³/mol. The summed E-state index contributed by atoms with van der Waals surface area (Å²) in [5.74, 6) is 0. The van der Waals surface area contributed by atoms with Gasteiger partial charge < -0.3 is 0 Å². The van der Waals surface area contributed by atoms with Crippen LogP contribution in [0.4, 0.5) is 0 Å². The van der Waals surface area contributed by atoms with Crippen molar-refractivity contribution in [3.05, 3.63) is 319 Å². The largest absolute Gasteiger partial charge is 0.215 e. The lowest BCUT2D eigenvalue weighted by molar-refractivity contribution is -0.667. The van der Waals surface area contributed by atoms with Gasteiger partial charge in [-0.2, -0.15) is 27.4 Å². The highest BCUT2D eigenvalue weighted by atomic mass is 15.0. The zero-order valence-corrected chi connectivity index (χ0v) is 61.5. The molecule has 12 aromatic rings. The Labute approximate surface area is 586 Å². The molecule has 492 valence electrons. The summed E-state index contributed by atoms with van der Waals surface area (Å²) in [4.78, 5) is 0. The normalized spacial score (nSPS) is 11.7. The molecule has 0 aliphatic rings. The van der Waals surface area contributed by atoms with E-state index in [4.69, 9.17) is 8.22 Å². The van der Waals surface area contributed by atoms with Gasteiger partial charge in [0.05, 0.1) is 11.1 Å². The van der Waals surface area contributed by atoms with Gasteiger partial charge in [0.15, 0.2) is 34.2 Å². The summed E-state index contributed by atoms with van der Waals surface area (Å²) < 4.78 is 57.9. The van der Waals surface area contributed by atoms with Crippen LogP contribution in [0, 0.1) is 124 Å². The first-order valence-corrected chi connectivity index (χ1v) is 33.3. The number of hydrogen-bond donors (Lipinski definition) is 0. The molecule has 6 heterocycles. The van der Waals surface area contributed by atoms with E-state index in [0.717, 1.165) is 39.3 Å². The Balaban J connectivity index is 0.000000172. The fraction of sp³-hybridized carbons (Fsp3) is 0.267. The first-order valence-electron chi connectivity index (χ1n) is 36.3. The summed E-state index contributed by atoms with van der Waals surface area (Å²) >= 11 is 0. The Morgan fingerprint density at radius 1 is 0.208 bits per heavy atom. The molecule has 0 saturated carbocycles. The first-order chi connectivity index (χ1) is 48.0. The molecule has 0 radical (unpaired) electrons. The quantitative estimate of drug-likeness (QED) is 0.148. The van der Waals surface area contributed by atoms with Crippen LogP contribution >= 0.6 is 0 Å². The van der Waals surface area contributed by atoms with Crippen LogP contribution in [0.1, 0.15) is 109 Å².